The van der Waals surface area contributed by atoms with Crippen LogP contribution in [0.4, 0.5) is 11.6 Å². The number of hydrogen-bond acceptors (Lipinski definition) is 7. The quantitative estimate of drug-likeness (QED) is 0.521. The van der Waals surface area contributed by atoms with Crippen LogP contribution in [0.15, 0.2) is 47.5 Å². The van der Waals surface area contributed by atoms with E-state index in [0.717, 1.165) is 48.0 Å². The molecule has 0 unspecified atom stereocenters. The maximum absolute atomic E-state index is 11.4. The molecular weight excluding hydrogens is 389 g/mol. The summed E-state index contributed by atoms with van der Waals surface area (Å²) in [4.78, 5) is 9.07. The molecule has 1 fully saturated rings. The van der Waals surface area contributed by atoms with E-state index in [4.69, 9.17) is 9.88 Å². The van der Waals surface area contributed by atoms with E-state index in [2.05, 4.69) is 20.6 Å². The van der Waals surface area contributed by atoms with Gasteiger partial charge in [0.1, 0.15) is 25.2 Å². The van der Waals surface area contributed by atoms with Crippen LogP contribution in [0.25, 0.3) is 10.9 Å². The van der Waals surface area contributed by atoms with Crippen LogP contribution in [-0.2, 0) is 10.0 Å². The summed E-state index contributed by atoms with van der Waals surface area (Å²) < 4.78 is 29.1. The number of benzene rings is 2. The highest BCUT2D eigenvalue weighted by Crippen LogP contribution is 2.26. The minimum atomic E-state index is -3.73. The molecule has 8 nitrogen and oxygen atoms in total. The Bertz CT molecular complexity index is 1130. The number of ether oxygens (including phenoxy) is 1. The number of primary sulfonamides is 1. The van der Waals surface area contributed by atoms with Gasteiger partial charge in [0.15, 0.2) is 0 Å². The number of hydrogen-bond donors (Lipinski definition) is 3. The van der Waals surface area contributed by atoms with Crippen LogP contribution in [0.5, 0.6) is 5.75 Å². The molecule has 0 atom stereocenters. The van der Waals surface area contributed by atoms with E-state index in [-0.39, 0.29) is 11.0 Å². The van der Waals surface area contributed by atoms with Gasteiger partial charge >= 0.3 is 0 Å². The van der Waals surface area contributed by atoms with Crippen molar-refractivity contribution in [3.8, 4) is 5.75 Å². The van der Waals surface area contributed by atoms with E-state index in [1.165, 1.54) is 12.1 Å². The largest absolute Gasteiger partial charge is 0.488 e. The van der Waals surface area contributed by atoms with Crippen LogP contribution in [0.2, 0.25) is 0 Å². The Morgan fingerprint density at radius 2 is 1.90 bits per heavy atom. The normalized spacial score (nSPS) is 15.3. The molecule has 1 aliphatic heterocycles. The first-order valence-electron chi connectivity index (χ1n) is 9.43. The molecule has 4 rings (SSSR count). The number of nitrogens with zero attached hydrogens (tertiary/aromatic N) is 2. The Morgan fingerprint density at radius 3 is 2.59 bits per heavy atom. The van der Waals surface area contributed by atoms with E-state index in [9.17, 15) is 8.42 Å². The van der Waals surface area contributed by atoms with Crippen molar-refractivity contribution in [2.45, 2.75) is 23.8 Å². The van der Waals surface area contributed by atoms with Gasteiger partial charge in [0.05, 0.1) is 4.90 Å². The first kappa shape index (κ1) is 19.6. The zero-order chi connectivity index (χ0) is 20.4. The molecule has 0 radical (unpaired) electrons. The fraction of sp³-hybridized carbons (Fsp3) is 0.263. The molecule has 0 saturated carbocycles. The van der Waals surface area contributed by atoms with Crippen molar-refractivity contribution >= 4 is 45.9 Å². The van der Waals surface area contributed by atoms with Crippen LogP contribution in [-0.4, -0.2) is 45.4 Å². The number of fused-ring (bicyclic) bond motifs is 1. The summed E-state index contributed by atoms with van der Waals surface area (Å²) in [5.41, 5.74) is 2.49. The Kier molecular flexibility index (Phi) is 5.40. The summed E-state index contributed by atoms with van der Waals surface area (Å²) in [6.45, 7) is 1.90. The summed E-state index contributed by atoms with van der Waals surface area (Å²) in [5.74, 6) is 1.15. The van der Waals surface area contributed by atoms with Crippen molar-refractivity contribution in [3.05, 3.63) is 42.6 Å². The second-order valence-electron chi connectivity index (χ2n) is 7.16. The summed E-state index contributed by atoms with van der Waals surface area (Å²) in [6, 6.07) is 10.1. The molecule has 10 heteroatoms. The number of nitrogens with one attached hydrogen (secondary N) is 2. The minimum absolute atomic E-state index is 0.0515. The smallest absolute Gasteiger partial charge is 0.238 e. The first-order valence-corrected chi connectivity index (χ1v) is 11.0. The molecule has 0 amide bonds. The summed E-state index contributed by atoms with van der Waals surface area (Å²) in [5, 5.41) is 12.5. The summed E-state index contributed by atoms with van der Waals surface area (Å²) in [7, 11) is -1.70. The van der Waals surface area contributed by atoms with Gasteiger partial charge in [-0.2, -0.15) is 0 Å². The standard InChI is InChI=1S/C19H22BN5O3S/c20-13-9-12-11-23-19(24-14-1-3-16(4-2-14)29(21,26)27)25-18(12)17(10-13)28-15-5-7-22-8-6-15/h1-4,9-11,15,22H,5-8,20H2,(H2,21,26,27)(H,23,24,25). The van der Waals surface area contributed by atoms with Crippen LogP contribution in [0, 0.1) is 0 Å². The lowest BCUT2D eigenvalue weighted by molar-refractivity contribution is 0.164. The highest BCUT2D eigenvalue weighted by molar-refractivity contribution is 7.89. The average Bonchev–Trinajstić information content (AvgIpc) is 2.69. The fourth-order valence-electron chi connectivity index (χ4n) is 3.36. The summed E-state index contributed by atoms with van der Waals surface area (Å²) >= 11 is 0. The molecule has 1 aromatic heterocycles. The topological polar surface area (TPSA) is 119 Å². The van der Waals surface area contributed by atoms with Crippen molar-refractivity contribution < 1.29 is 13.2 Å². The van der Waals surface area contributed by atoms with Gasteiger partial charge in [-0.15, -0.1) is 0 Å². The molecule has 2 aromatic carbocycles. The Labute approximate surface area is 170 Å². The maximum atomic E-state index is 11.4. The van der Waals surface area contributed by atoms with Crippen LogP contribution in [0.3, 0.4) is 0 Å². The Balaban J connectivity index is 1.62. The highest BCUT2D eigenvalue weighted by Gasteiger charge is 2.17. The first-order chi connectivity index (χ1) is 13.9. The maximum Gasteiger partial charge on any atom is 0.238 e. The van der Waals surface area contributed by atoms with Crippen molar-refractivity contribution in [1.29, 1.82) is 0 Å². The van der Waals surface area contributed by atoms with Gasteiger partial charge in [-0.25, -0.2) is 23.5 Å². The lowest BCUT2D eigenvalue weighted by Gasteiger charge is -2.24. The zero-order valence-electron chi connectivity index (χ0n) is 16.1. The monoisotopic (exact) mass is 411 g/mol. The third-order valence-electron chi connectivity index (χ3n) is 4.81. The van der Waals surface area contributed by atoms with Gasteiger partial charge in [-0.05, 0) is 56.3 Å². The third kappa shape index (κ3) is 4.66. The molecule has 29 heavy (non-hydrogen) atoms. The number of aromatic nitrogens is 2. The number of piperidine rings is 1. The molecule has 0 spiro atoms. The van der Waals surface area contributed by atoms with E-state index in [0.29, 0.717) is 11.6 Å². The number of rotatable bonds is 5. The van der Waals surface area contributed by atoms with Gasteiger partial charge in [-0.3, -0.25) is 0 Å². The molecule has 2 heterocycles. The van der Waals surface area contributed by atoms with E-state index < -0.39 is 10.0 Å². The molecule has 150 valence electrons. The van der Waals surface area contributed by atoms with Gasteiger partial charge in [0.25, 0.3) is 0 Å². The van der Waals surface area contributed by atoms with Gasteiger partial charge in [-0.1, -0.05) is 11.5 Å². The molecule has 4 N–H and O–H groups in total. The molecule has 0 bridgehead atoms. The molecule has 3 aromatic rings. The molecular formula is C19H22BN5O3S. The lowest BCUT2D eigenvalue weighted by atomic mass is 9.94. The third-order valence-corrected chi connectivity index (χ3v) is 5.74. The Hall–Kier alpha value is -2.69. The van der Waals surface area contributed by atoms with E-state index in [1.807, 2.05) is 20.0 Å². The summed E-state index contributed by atoms with van der Waals surface area (Å²) in [6.07, 6.45) is 3.84. The highest BCUT2D eigenvalue weighted by atomic mass is 32.2. The average molecular weight is 411 g/mol. The van der Waals surface area contributed by atoms with Gasteiger partial charge in [0.2, 0.25) is 16.0 Å². The minimum Gasteiger partial charge on any atom is -0.488 e. The molecule has 0 aliphatic carbocycles. The zero-order valence-corrected chi connectivity index (χ0v) is 16.9. The number of anilines is 2. The SMILES string of the molecule is Bc1cc(OC2CCNCC2)c2nc(Nc3ccc(S(N)(=O)=O)cc3)ncc2c1. The lowest BCUT2D eigenvalue weighted by Crippen LogP contribution is -2.34. The van der Waals surface area contributed by atoms with Gasteiger partial charge in [0, 0.05) is 17.3 Å². The van der Waals surface area contributed by atoms with Gasteiger partial charge < -0.3 is 15.4 Å². The second-order valence-corrected chi connectivity index (χ2v) is 8.72. The van der Waals surface area contributed by atoms with Crippen LogP contribution >= 0.6 is 0 Å². The Morgan fingerprint density at radius 1 is 1.17 bits per heavy atom. The van der Waals surface area contributed by atoms with Crippen molar-refractivity contribution in [2.24, 2.45) is 5.14 Å². The molecule has 1 saturated heterocycles. The number of sulfonamides is 1. The van der Waals surface area contributed by atoms with E-state index in [1.54, 1.807) is 18.3 Å². The predicted molar refractivity (Wildman–Crippen MR) is 115 cm³/mol. The number of nitrogens with two attached hydrogens (primary N) is 1. The van der Waals surface area contributed by atoms with Crippen LogP contribution in [0.1, 0.15) is 12.8 Å². The predicted octanol–water partition coefficient (Wildman–Crippen LogP) is 0.410. The molecule has 1 aliphatic rings. The second kappa shape index (κ2) is 7.98. The fourth-order valence-corrected chi connectivity index (χ4v) is 3.87. The van der Waals surface area contributed by atoms with E-state index >= 15 is 0 Å². The van der Waals surface area contributed by atoms with Crippen LogP contribution < -0.4 is 26.0 Å². The van der Waals surface area contributed by atoms with Crippen molar-refractivity contribution in [3.63, 3.8) is 0 Å². The van der Waals surface area contributed by atoms with Crippen molar-refractivity contribution in [1.82, 2.24) is 15.3 Å². The van der Waals surface area contributed by atoms with Crippen molar-refractivity contribution in [2.75, 3.05) is 18.4 Å².